The molecule has 0 aliphatic rings. The van der Waals surface area contributed by atoms with Gasteiger partial charge in [-0.1, -0.05) is 12.1 Å². The van der Waals surface area contributed by atoms with E-state index in [2.05, 4.69) is 36.2 Å². The van der Waals surface area contributed by atoms with Crippen molar-refractivity contribution < 1.29 is 14.3 Å². The maximum atomic E-state index is 12.3. The fraction of sp³-hybridized carbons (Fsp3) is 0.350. The van der Waals surface area contributed by atoms with E-state index in [9.17, 15) is 4.79 Å². The highest BCUT2D eigenvalue weighted by atomic mass is 16.5. The van der Waals surface area contributed by atoms with Crippen LogP contribution in [0.1, 0.15) is 29.8 Å². The zero-order valence-electron chi connectivity index (χ0n) is 15.3. The molecular weight excluding hydrogens is 316 g/mol. The maximum Gasteiger partial charge on any atom is 0.251 e. The van der Waals surface area contributed by atoms with Crippen LogP contribution in [0.5, 0.6) is 11.5 Å². The van der Waals surface area contributed by atoms with Gasteiger partial charge in [0, 0.05) is 30.9 Å². The summed E-state index contributed by atoms with van der Waals surface area (Å²) >= 11 is 0. The van der Waals surface area contributed by atoms with E-state index in [1.54, 1.807) is 32.4 Å². The van der Waals surface area contributed by atoms with Gasteiger partial charge in [0.2, 0.25) is 0 Å². The molecule has 2 rings (SSSR count). The first-order valence-electron chi connectivity index (χ1n) is 8.47. The number of ether oxygens (including phenoxy) is 2. The van der Waals surface area contributed by atoms with Crippen LogP contribution in [0.3, 0.4) is 0 Å². The molecule has 25 heavy (non-hydrogen) atoms. The summed E-state index contributed by atoms with van der Waals surface area (Å²) in [4.78, 5) is 14.6. The SMILES string of the molecule is CCN(CC)c1ccc(CNC(=O)c2ccc(OC)c(OC)c2)cc1. The molecule has 0 aromatic heterocycles. The second-order valence-electron chi connectivity index (χ2n) is 5.59. The largest absolute Gasteiger partial charge is 0.493 e. The number of amides is 1. The van der Waals surface area contributed by atoms with Crippen LogP contribution in [0.15, 0.2) is 42.5 Å². The minimum atomic E-state index is -0.145. The van der Waals surface area contributed by atoms with Gasteiger partial charge in [-0.15, -0.1) is 0 Å². The van der Waals surface area contributed by atoms with E-state index in [0.29, 0.717) is 23.6 Å². The number of carbonyl (C=O) groups is 1. The van der Waals surface area contributed by atoms with Crippen molar-refractivity contribution in [1.29, 1.82) is 0 Å². The number of hydrogen-bond acceptors (Lipinski definition) is 4. The first kappa shape index (κ1) is 18.6. The molecule has 0 aliphatic heterocycles. The molecule has 0 saturated heterocycles. The molecule has 0 atom stereocenters. The van der Waals surface area contributed by atoms with Gasteiger partial charge < -0.3 is 19.7 Å². The molecule has 1 amide bonds. The predicted molar refractivity (Wildman–Crippen MR) is 101 cm³/mol. The Morgan fingerprint density at radius 3 is 2.16 bits per heavy atom. The van der Waals surface area contributed by atoms with Gasteiger partial charge in [0.25, 0.3) is 5.91 Å². The quantitative estimate of drug-likeness (QED) is 0.798. The fourth-order valence-electron chi connectivity index (χ4n) is 2.68. The van der Waals surface area contributed by atoms with Gasteiger partial charge in [-0.3, -0.25) is 4.79 Å². The second kappa shape index (κ2) is 8.97. The summed E-state index contributed by atoms with van der Waals surface area (Å²) < 4.78 is 10.4. The zero-order chi connectivity index (χ0) is 18.2. The van der Waals surface area contributed by atoms with Gasteiger partial charge in [0.05, 0.1) is 14.2 Å². The van der Waals surface area contributed by atoms with Crippen molar-refractivity contribution in [1.82, 2.24) is 5.32 Å². The minimum Gasteiger partial charge on any atom is -0.493 e. The summed E-state index contributed by atoms with van der Waals surface area (Å²) in [6.07, 6.45) is 0. The number of nitrogens with zero attached hydrogens (tertiary/aromatic N) is 1. The summed E-state index contributed by atoms with van der Waals surface area (Å²) in [6.45, 7) is 6.71. The highest BCUT2D eigenvalue weighted by Crippen LogP contribution is 2.27. The van der Waals surface area contributed by atoms with Crippen molar-refractivity contribution in [3.05, 3.63) is 53.6 Å². The summed E-state index contributed by atoms with van der Waals surface area (Å²) in [7, 11) is 3.12. The Morgan fingerprint density at radius 2 is 1.60 bits per heavy atom. The van der Waals surface area contributed by atoms with Gasteiger partial charge >= 0.3 is 0 Å². The molecule has 2 aromatic rings. The molecule has 0 fully saturated rings. The molecule has 0 unspecified atom stereocenters. The van der Waals surface area contributed by atoms with Crippen molar-refractivity contribution in [3.63, 3.8) is 0 Å². The molecule has 0 saturated carbocycles. The second-order valence-corrected chi connectivity index (χ2v) is 5.59. The summed E-state index contributed by atoms with van der Waals surface area (Å²) in [6, 6.07) is 13.4. The zero-order valence-corrected chi connectivity index (χ0v) is 15.3. The molecule has 0 radical (unpaired) electrons. The van der Waals surface area contributed by atoms with Crippen LogP contribution in [0.2, 0.25) is 0 Å². The van der Waals surface area contributed by atoms with Crippen LogP contribution in [-0.2, 0) is 6.54 Å². The smallest absolute Gasteiger partial charge is 0.251 e. The third-order valence-electron chi connectivity index (χ3n) is 4.16. The van der Waals surface area contributed by atoms with Gasteiger partial charge in [-0.2, -0.15) is 0 Å². The van der Waals surface area contributed by atoms with E-state index in [1.807, 2.05) is 12.1 Å². The van der Waals surface area contributed by atoms with Gasteiger partial charge in [-0.25, -0.2) is 0 Å². The van der Waals surface area contributed by atoms with Gasteiger partial charge in [0.15, 0.2) is 11.5 Å². The lowest BCUT2D eigenvalue weighted by molar-refractivity contribution is 0.0950. The lowest BCUT2D eigenvalue weighted by Gasteiger charge is -2.21. The first-order valence-corrected chi connectivity index (χ1v) is 8.47. The van der Waals surface area contributed by atoms with Crippen LogP contribution in [0.25, 0.3) is 0 Å². The van der Waals surface area contributed by atoms with Crippen LogP contribution in [0, 0.1) is 0 Å². The van der Waals surface area contributed by atoms with E-state index in [1.165, 1.54) is 5.69 Å². The third-order valence-corrected chi connectivity index (χ3v) is 4.16. The lowest BCUT2D eigenvalue weighted by atomic mass is 10.1. The molecule has 0 bridgehead atoms. The Kier molecular flexibility index (Phi) is 6.69. The fourth-order valence-corrected chi connectivity index (χ4v) is 2.68. The number of hydrogen-bond donors (Lipinski definition) is 1. The number of rotatable bonds is 8. The van der Waals surface area contributed by atoms with E-state index in [-0.39, 0.29) is 5.91 Å². The highest BCUT2D eigenvalue weighted by Gasteiger charge is 2.10. The molecule has 0 heterocycles. The minimum absolute atomic E-state index is 0.145. The van der Waals surface area contributed by atoms with E-state index in [0.717, 1.165) is 18.7 Å². The lowest BCUT2D eigenvalue weighted by Crippen LogP contribution is -2.23. The molecule has 0 aliphatic carbocycles. The summed E-state index contributed by atoms with van der Waals surface area (Å²) in [5.41, 5.74) is 2.79. The van der Waals surface area contributed by atoms with Crippen LogP contribution < -0.4 is 19.7 Å². The normalized spacial score (nSPS) is 10.2. The van der Waals surface area contributed by atoms with E-state index >= 15 is 0 Å². The number of anilines is 1. The Bertz CT molecular complexity index is 695. The van der Waals surface area contributed by atoms with Gasteiger partial charge in [0.1, 0.15) is 0 Å². The van der Waals surface area contributed by atoms with Crippen molar-refractivity contribution in [2.45, 2.75) is 20.4 Å². The highest BCUT2D eigenvalue weighted by molar-refractivity contribution is 5.94. The number of benzene rings is 2. The third kappa shape index (κ3) is 4.66. The summed E-state index contributed by atoms with van der Waals surface area (Å²) in [5, 5.41) is 2.93. The molecule has 134 valence electrons. The Hall–Kier alpha value is -2.69. The maximum absolute atomic E-state index is 12.3. The van der Waals surface area contributed by atoms with Crippen LogP contribution in [0.4, 0.5) is 5.69 Å². The topological polar surface area (TPSA) is 50.8 Å². The molecular formula is C20H26N2O3. The standard InChI is InChI=1S/C20H26N2O3/c1-5-22(6-2)17-10-7-15(8-11-17)14-21-20(23)16-9-12-18(24-3)19(13-16)25-4/h7-13H,5-6,14H2,1-4H3,(H,21,23). The molecule has 5 nitrogen and oxygen atoms in total. The van der Waals surface area contributed by atoms with Crippen LogP contribution >= 0.6 is 0 Å². The Morgan fingerprint density at radius 1 is 0.960 bits per heavy atom. The molecule has 2 aromatic carbocycles. The van der Waals surface area contributed by atoms with Crippen molar-refractivity contribution >= 4 is 11.6 Å². The average Bonchev–Trinajstić information content (AvgIpc) is 2.67. The van der Waals surface area contributed by atoms with Crippen molar-refractivity contribution in [2.75, 3.05) is 32.2 Å². The Balaban J connectivity index is 2.00. The number of carbonyl (C=O) groups excluding carboxylic acids is 1. The molecule has 5 heteroatoms. The van der Waals surface area contributed by atoms with Crippen LogP contribution in [-0.4, -0.2) is 33.2 Å². The average molecular weight is 342 g/mol. The number of methoxy groups -OCH3 is 2. The Labute approximate surface area is 149 Å². The van der Waals surface area contributed by atoms with Crippen molar-refractivity contribution in [2.24, 2.45) is 0 Å². The molecule has 0 spiro atoms. The first-order chi connectivity index (χ1) is 12.1. The predicted octanol–water partition coefficient (Wildman–Crippen LogP) is 3.48. The van der Waals surface area contributed by atoms with E-state index < -0.39 is 0 Å². The van der Waals surface area contributed by atoms with E-state index in [4.69, 9.17) is 9.47 Å². The van der Waals surface area contributed by atoms with Gasteiger partial charge in [-0.05, 0) is 49.7 Å². The monoisotopic (exact) mass is 342 g/mol. The van der Waals surface area contributed by atoms with Crippen molar-refractivity contribution in [3.8, 4) is 11.5 Å². The summed E-state index contributed by atoms with van der Waals surface area (Å²) in [5.74, 6) is 0.999. The number of nitrogens with one attached hydrogen (secondary N) is 1. The molecule has 1 N–H and O–H groups in total.